The smallest absolute Gasteiger partial charge is 0.330 e. The van der Waals surface area contributed by atoms with Crippen LogP contribution in [0.3, 0.4) is 0 Å². The van der Waals surface area contributed by atoms with E-state index < -0.39 is 35.9 Å². The van der Waals surface area contributed by atoms with E-state index in [9.17, 15) is 19.2 Å². The van der Waals surface area contributed by atoms with Crippen LogP contribution in [0.25, 0.3) is 0 Å². The molecule has 0 unspecified atom stereocenters. The highest BCUT2D eigenvalue weighted by molar-refractivity contribution is 5.88. The van der Waals surface area contributed by atoms with E-state index in [0.717, 1.165) is 6.08 Å². The molecule has 0 aliphatic carbocycles. The van der Waals surface area contributed by atoms with E-state index in [4.69, 9.17) is 15.3 Å². The number of rotatable bonds is 8. The number of esters is 1. The summed E-state index contributed by atoms with van der Waals surface area (Å²) in [4.78, 5) is 43.1. The highest BCUT2D eigenvalue weighted by Crippen LogP contribution is 2.23. The van der Waals surface area contributed by atoms with Crippen molar-refractivity contribution in [2.24, 2.45) is 5.41 Å². The van der Waals surface area contributed by atoms with Gasteiger partial charge >= 0.3 is 23.9 Å². The number of hydrogen-bond acceptors (Lipinski definition) is 5. The lowest BCUT2D eigenvalue weighted by atomic mass is 9.88. The van der Waals surface area contributed by atoms with Gasteiger partial charge in [0.1, 0.15) is 12.0 Å². The minimum atomic E-state index is -2.10. The molecule has 0 saturated heterocycles. The van der Waals surface area contributed by atoms with Gasteiger partial charge in [0.05, 0.1) is 0 Å². The first kappa shape index (κ1) is 17.1. The van der Waals surface area contributed by atoms with Gasteiger partial charge in [0.15, 0.2) is 0 Å². The van der Waals surface area contributed by atoms with Crippen molar-refractivity contribution >= 4 is 23.9 Å². The molecule has 0 aromatic heterocycles. The normalized spacial score (nSPS) is 13.8. The average Bonchev–Trinajstić information content (AvgIpc) is 2.36. The van der Waals surface area contributed by atoms with Crippen molar-refractivity contribution in [3.05, 3.63) is 37.0 Å². The van der Waals surface area contributed by atoms with Crippen LogP contribution in [0.1, 0.15) is 0 Å². The lowest BCUT2D eigenvalue weighted by molar-refractivity contribution is -0.150. The number of hydrogen-bond donors (Lipinski definition) is 3. The summed E-state index contributed by atoms with van der Waals surface area (Å²) in [7, 11) is 0. The maximum absolute atomic E-state index is 11.2. The van der Waals surface area contributed by atoms with Gasteiger partial charge < -0.3 is 20.1 Å². The van der Waals surface area contributed by atoms with Crippen molar-refractivity contribution in [2.45, 2.75) is 0 Å². The van der Waals surface area contributed by atoms with Gasteiger partial charge in [-0.25, -0.2) is 14.4 Å². The Bertz CT molecular complexity index is 462. The van der Waals surface area contributed by atoms with Gasteiger partial charge in [-0.3, -0.25) is 4.79 Å². The third-order valence-corrected chi connectivity index (χ3v) is 2.06. The van der Waals surface area contributed by atoms with Crippen LogP contribution in [0.4, 0.5) is 0 Å². The number of carbonyl (C=O) groups is 4. The largest absolute Gasteiger partial charge is 0.480 e. The molecule has 0 fully saturated rings. The fourth-order valence-electron chi connectivity index (χ4n) is 1.05. The molecule has 0 aliphatic rings. The number of carboxylic acid groups (broad SMARTS) is 3. The molecule has 0 saturated carbocycles. The summed E-state index contributed by atoms with van der Waals surface area (Å²) in [5.74, 6) is -5.38. The number of carbonyl (C=O) groups excluding carboxylic acids is 1. The van der Waals surface area contributed by atoms with Crippen LogP contribution in [-0.4, -0.2) is 45.8 Å². The molecule has 8 nitrogen and oxygen atoms in total. The molecule has 20 heavy (non-hydrogen) atoms. The highest BCUT2D eigenvalue weighted by Gasteiger charge is 2.35. The molecule has 0 bridgehead atoms. The topological polar surface area (TPSA) is 138 Å². The van der Waals surface area contributed by atoms with Gasteiger partial charge in [-0.1, -0.05) is 18.7 Å². The van der Waals surface area contributed by atoms with Gasteiger partial charge in [0.2, 0.25) is 0 Å². The summed E-state index contributed by atoms with van der Waals surface area (Å²) in [6.07, 6.45) is 3.25. The summed E-state index contributed by atoms with van der Waals surface area (Å²) in [6, 6.07) is 0. The second-order valence-electron chi connectivity index (χ2n) is 3.50. The Hall–Kier alpha value is -2.90. The Balaban J connectivity index is 5.48. The first-order valence-corrected chi connectivity index (χ1v) is 5.10. The van der Waals surface area contributed by atoms with E-state index in [-0.39, 0.29) is 0 Å². The quantitative estimate of drug-likeness (QED) is 0.420. The molecule has 0 aromatic rings. The van der Waals surface area contributed by atoms with Crippen LogP contribution in [0.2, 0.25) is 0 Å². The summed E-state index contributed by atoms with van der Waals surface area (Å²) in [6.45, 7) is 2.33. The van der Waals surface area contributed by atoms with Gasteiger partial charge in [-0.2, -0.15) is 0 Å². The van der Waals surface area contributed by atoms with E-state index in [1.165, 1.54) is 0 Å². The zero-order valence-electron chi connectivity index (χ0n) is 10.2. The average molecular weight is 284 g/mol. The SMILES string of the molecule is C=CC(=O)OCC(C=CC(=O)O)(C=CC(=O)O)C(=O)O. The Morgan fingerprint density at radius 2 is 1.45 bits per heavy atom. The first-order valence-electron chi connectivity index (χ1n) is 5.10. The molecular formula is C12H12O8. The van der Waals surface area contributed by atoms with E-state index in [0.29, 0.717) is 24.3 Å². The minimum absolute atomic E-state index is 0.516. The molecular weight excluding hydrogens is 272 g/mol. The molecule has 0 aromatic carbocycles. The highest BCUT2D eigenvalue weighted by atomic mass is 16.5. The molecule has 0 rings (SSSR count). The molecule has 0 heterocycles. The molecule has 0 atom stereocenters. The van der Waals surface area contributed by atoms with Crippen molar-refractivity contribution in [1.29, 1.82) is 0 Å². The van der Waals surface area contributed by atoms with E-state index >= 15 is 0 Å². The van der Waals surface area contributed by atoms with E-state index in [1.54, 1.807) is 0 Å². The minimum Gasteiger partial charge on any atom is -0.480 e. The van der Waals surface area contributed by atoms with Crippen molar-refractivity contribution in [2.75, 3.05) is 6.61 Å². The second-order valence-corrected chi connectivity index (χ2v) is 3.50. The summed E-state index contributed by atoms with van der Waals surface area (Å²) < 4.78 is 4.56. The van der Waals surface area contributed by atoms with Crippen molar-refractivity contribution in [3.8, 4) is 0 Å². The standard InChI is InChI=1S/C12H12O8/c1-2-10(17)20-7-12(11(18)19,5-3-8(13)14)6-4-9(15)16/h2-6H,1,7H2,(H,13,14)(H,15,16)(H,18,19). The Morgan fingerprint density at radius 1 is 1.00 bits per heavy atom. The lowest BCUT2D eigenvalue weighted by Crippen LogP contribution is -2.33. The third kappa shape index (κ3) is 5.63. The number of carboxylic acids is 3. The zero-order valence-corrected chi connectivity index (χ0v) is 10.2. The predicted molar refractivity (Wildman–Crippen MR) is 64.8 cm³/mol. The van der Waals surface area contributed by atoms with Crippen LogP contribution >= 0.6 is 0 Å². The van der Waals surface area contributed by atoms with Crippen LogP contribution in [-0.2, 0) is 23.9 Å². The Labute approximate surface area is 113 Å². The van der Waals surface area contributed by atoms with Gasteiger partial charge in [0, 0.05) is 18.2 Å². The van der Waals surface area contributed by atoms with Crippen LogP contribution in [0.5, 0.6) is 0 Å². The van der Waals surface area contributed by atoms with Gasteiger partial charge in [-0.15, -0.1) is 0 Å². The molecule has 108 valence electrons. The molecule has 0 spiro atoms. The van der Waals surface area contributed by atoms with E-state index in [1.807, 2.05) is 0 Å². The van der Waals surface area contributed by atoms with Gasteiger partial charge in [0.25, 0.3) is 0 Å². The molecule has 8 heteroatoms. The van der Waals surface area contributed by atoms with Gasteiger partial charge in [-0.05, 0) is 0 Å². The van der Waals surface area contributed by atoms with Crippen molar-refractivity contribution < 1.29 is 39.2 Å². The monoisotopic (exact) mass is 284 g/mol. The van der Waals surface area contributed by atoms with Crippen LogP contribution < -0.4 is 0 Å². The summed E-state index contributed by atoms with van der Waals surface area (Å²) >= 11 is 0. The lowest BCUT2D eigenvalue weighted by Gasteiger charge is -2.21. The Morgan fingerprint density at radius 3 is 1.75 bits per heavy atom. The second kappa shape index (κ2) is 7.52. The van der Waals surface area contributed by atoms with Crippen LogP contribution in [0.15, 0.2) is 37.0 Å². The molecule has 0 radical (unpaired) electrons. The van der Waals surface area contributed by atoms with Crippen molar-refractivity contribution in [1.82, 2.24) is 0 Å². The number of ether oxygens (including phenoxy) is 1. The summed E-state index contributed by atoms with van der Waals surface area (Å²) in [5.41, 5.74) is -2.10. The molecule has 0 aliphatic heterocycles. The molecule has 3 N–H and O–H groups in total. The fourth-order valence-corrected chi connectivity index (χ4v) is 1.05. The Kier molecular flexibility index (Phi) is 6.43. The fraction of sp³-hybridized carbons (Fsp3) is 0.167. The molecule has 0 amide bonds. The maximum Gasteiger partial charge on any atom is 0.330 e. The van der Waals surface area contributed by atoms with E-state index in [2.05, 4.69) is 11.3 Å². The van der Waals surface area contributed by atoms with Crippen molar-refractivity contribution in [3.63, 3.8) is 0 Å². The predicted octanol–water partition coefficient (Wildman–Crippen LogP) is 0.0682. The third-order valence-electron chi connectivity index (χ3n) is 2.06. The maximum atomic E-state index is 11.2. The number of aliphatic carboxylic acids is 3. The first-order chi connectivity index (χ1) is 9.23. The zero-order chi connectivity index (χ0) is 15.8. The summed E-state index contributed by atoms with van der Waals surface area (Å²) in [5, 5.41) is 26.2. The van der Waals surface area contributed by atoms with Crippen LogP contribution in [0, 0.1) is 5.41 Å².